The third-order valence-corrected chi connectivity index (χ3v) is 4.25. The van der Waals surface area contributed by atoms with Gasteiger partial charge in [0.05, 0.1) is 16.8 Å². The van der Waals surface area contributed by atoms with Gasteiger partial charge in [-0.1, -0.05) is 24.3 Å². The van der Waals surface area contributed by atoms with Gasteiger partial charge in [0.2, 0.25) is 5.95 Å². The van der Waals surface area contributed by atoms with Gasteiger partial charge < -0.3 is 10.6 Å². The van der Waals surface area contributed by atoms with Crippen LogP contribution in [0.15, 0.2) is 54.9 Å². The van der Waals surface area contributed by atoms with E-state index < -0.39 is 17.6 Å². The molecule has 2 aromatic carbocycles. The molecule has 0 fully saturated rings. The van der Waals surface area contributed by atoms with E-state index in [2.05, 4.69) is 20.6 Å². The molecule has 1 amide bonds. The molecule has 0 aliphatic heterocycles. The number of anilines is 3. The van der Waals surface area contributed by atoms with E-state index in [9.17, 15) is 18.0 Å². The van der Waals surface area contributed by atoms with Crippen LogP contribution in [0.1, 0.15) is 27.0 Å². The summed E-state index contributed by atoms with van der Waals surface area (Å²) in [7, 11) is 0. The maximum atomic E-state index is 13.1. The minimum Gasteiger partial charge on any atom is -0.324 e. The minimum atomic E-state index is -4.50. The summed E-state index contributed by atoms with van der Waals surface area (Å²) in [6, 6.07) is 10.6. The fourth-order valence-corrected chi connectivity index (χ4v) is 2.55. The van der Waals surface area contributed by atoms with E-state index >= 15 is 0 Å². The summed E-state index contributed by atoms with van der Waals surface area (Å²) < 4.78 is 39.2. The average Bonchev–Trinajstić information content (AvgIpc) is 2.65. The molecule has 0 aliphatic rings. The standard InChI is InChI=1S/C20H17F3N4O/c1-12-6-5-9-16(13(12)2)26-18(28)14-10-24-19(25-11-14)27-17-8-4-3-7-15(17)20(21,22)23/h3-11H,1-2H3,(H,26,28)(H,24,25,27). The molecular formula is C20H17F3N4O. The summed E-state index contributed by atoms with van der Waals surface area (Å²) >= 11 is 0. The zero-order valence-electron chi connectivity index (χ0n) is 15.1. The van der Waals surface area contributed by atoms with Crippen LogP contribution in [0.3, 0.4) is 0 Å². The van der Waals surface area contributed by atoms with Crippen LogP contribution in [-0.2, 0) is 6.18 Å². The van der Waals surface area contributed by atoms with Gasteiger partial charge in [-0.3, -0.25) is 4.79 Å². The van der Waals surface area contributed by atoms with Gasteiger partial charge in [0.15, 0.2) is 0 Å². The van der Waals surface area contributed by atoms with Crippen molar-refractivity contribution in [3.05, 3.63) is 77.1 Å². The fraction of sp³-hybridized carbons (Fsp3) is 0.150. The van der Waals surface area contributed by atoms with Gasteiger partial charge in [0.25, 0.3) is 5.91 Å². The van der Waals surface area contributed by atoms with Crippen molar-refractivity contribution < 1.29 is 18.0 Å². The third kappa shape index (κ3) is 4.28. The lowest BCUT2D eigenvalue weighted by Gasteiger charge is -2.13. The molecule has 1 aromatic heterocycles. The Balaban J connectivity index is 1.76. The number of aromatic nitrogens is 2. The van der Waals surface area contributed by atoms with Crippen molar-refractivity contribution in [2.24, 2.45) is 0 Å². The van der Waals surface area contributed by atoms with Crippen LogP contribution in [0, 0.1) is 13.8 Å². The van der Waals surface area contributed by atoms with Gasteiger partial charge in [-0.05, 0) is 43.2 Å². The molecule has 0 spiro atoms. The first kappa shape index (κ1) is 19.3. The lowest BCUT2D eigenvalue weighted by Crippen LogP contribution is -2.14. The van der Waals surface area contributed by atoms with Gasteiger partial charge in [0.1, 0.15) is 0 Å². The normalized spacial score (nSPS) is 11.2. The van der Waals surface area contributed by atoms with E-state index in [1.807, 2.05) is 26.0 Å². The topological polar surface area (TPSA) is 66.9 Å². The highest BCUT2D eigenvalue weighted by Gasteiger charge is 2.33. The van der Waals surface area contributed by atoms with E-state index in [-0.39, 0.29) is 17.2 Å². The van der Waals surface area contributed by atoms with Crippen molar-refractivity contribution in [1.82, 2.24) is 9.97 Å². The first-order valence-electron chi connectivity index (χ1n) is 8.38. The van der Waals surface area contributed by atoms with Crippen molar-refractivity contribution >= 4 is 23.2 Å². The Morgan fingerprint density at radius 1 is 0.929 bits per heavy atom. The van der Waals surface area contributed by atoms with Crippen molar-refractivity contribution in [3.63, 3.8) is 0 Å². The van der Waals surface area contributed by atoms with Crippen LogP contribution < -0.4 is 10.6 Å². The third-order valence-electron chi connectivity index (χ3n) is 4.25. The van der Waals surface area contributed by atoms with Crippen molar-refractivity contribution in [2.75, 3.05) is 10.6 Å². The Kier molecular flexibility index (Phi) is 5.30. The van der Waals surface area contributed by atoms with Gasteiger partial charge in [-0.15, -0.1) is 0 Å². The van der Waals surface area contributed by atoms with Crippen molar-refractivity contribution in [1.29, 1.82) is 0 Å². The number of benzene rings is 2. The van der Waals surface area contributed by atoms with Gasteiger partial charge in [-0.25, -0.2) is 9.97 Å². The molecule has 0 saturated carbocycles. The molecule has 0 unspecified atom stereocenters. The van der Waals surface area contributed by atoms with E-state index in [0.717, 1.165) is 17.2 Å². The van der Waals surface area contributed by atoms with E-state index in [1.165, 1.54) is 30.6 Å². The highest BCUT2D eigenvalue weighted by Crippen LogP contribution is 2.35. The Morgan fingerprint density at radius 2 is 1.57 bits per heavy atom. The molecule has 3 rings (SSSR count). The molecular weight excluding hydrogens is 369 g/mol. The number of halogens is 3. The van der Waals surface area contributed by atoms with E-state index in [1.54, 1.807) is 6.07 Å². The fourth-order valence-electron chi connectivity index (χ4n) is 2.55. The van der Waals surface area contributed by atoms with E-state index in [0.29, 0.717) is 5.69 Å². The molecule has 1 heterocycles. The second-order valence-electron chi connectivity index (χ2n) is 6.17. The van der Waals surface area contributed by atoms with E-state index in [4.69, 9.17) is 0 Å². The molecule has 28 heavy (non-hydrogen) atoms. The Hall–Kier alpha value is -3.42. The van der Waals surface area contributed by atoms with Crippen LogP contribution in [0.25, 0.3) is 0 Å². The number of nitrogens with zero attached hydrogens (tertiary/aromatic N) is 2. The van der Waals surface area contributed by atoms with Gasteiger partial charge >= 0.3 is 6.18 Å². The van der Waals surface area contributed by atoms with Crippen molar-refractivity contribution in [2.45, 2.75) is 20.0 Å². The largest absolute Gasteiger partial charge is 0.418 e. The number of hydrogen-bond donors (Lipinski definition) is 2. The summed E-state index contributed by atoms with van der Waals surface area (Å²) in [5, 5.41) is 5.31. The molecule has 3 aromatic rings. The Morgan fingerprint density at radius 3 is 2.25 bits per heavy atom. The molecule has 5 nitrogen and oxygen atoms in total. The minimum absolute atomic E-state index is 0.0417. The smallest absolute Gasteiger partial charge is 0.324 e. The zero-order chi connectivity index (χ0) is 20.3. The van der Waals surface area contributed by atoms with Crippen LogP contribution in [0.4, 0.5) is 30.5 Å². The number of alkyl halides is 3. The number of carbonyl (C=O) groups is 1. The molecule has 0 aliphatic carbocycles. The average molecular weight is 386 g/mol. The molecule has 0 bridgehead atoms. The quantitative estimate of drug-likeness (QED) is 0.654. The second-order valence-corrected chi connectivity index (χ2v) is 6.17. The van der Waals surface area contributed by atoms with Gasteiger partial charge in [-0.2, -0.15) is 13.2 Å². The number of para-hydroxylation sites is 1. The number of nitrogens with one attached hydrogen (secondary N) is 2. The summed E-state index contributed by atoms with van der Waals surface area (Å²) in [6.07, 6.45) is -1.99. The highest BCUT2D eigenvalue weighted by molar-refractivity contribution is 6.04. The number of aryl methyl sites for hydroxylation is 1. The zero-order valence-corrected chi connectivity index (χ0v) is 15.1. The molecule has 2 N–H and O–H groups in total. The maximum Gasteiger partial charge on any atom is 0.418 e. The summed E-state index contributed by atoms with van der Waals surface area (Å²) in [4.78, 5) is 20.3. The number of amides is 1. The molecule has 144 valence electrons. The van der Waals surface area contributed by atoms with Crippen LogP contribution in [-0.4, -0.2) is 15.9 Å². The number of rotatable bonds is 4. The number of carbonyl (C=O) groups excluding carboxylic acids is 1. The lowest BCUT2D eigenvalue weighted by atomic mass is 10.1. The van der Waals surface area contributed by atoms with Crippen LogP contribution in [0.2, 0.25) is 0 Å². The monoisotopic (exact) mass is 386 g/mol. The van der Waals surface area contributed by atoms with Crippen LogP contribution in [0.5, 0.6) is 0 Å². The molecule has 0 saturated heterocycles. The number of hydrogen-bond acceptors (Lipinski definition) is 4. The first-order chi connectivity index (χ1) is 13.3. The predicted octanol–water partition coefficient (Wildman–Crippen LogP) is 5.11. The Bertz CT molecular complexity index is 1000. The SMILES string of the molecule is Cc1cccc(NC(=O)c2cnc(Nc3ccccc3C(F)(F)F)nc2)c1C. The van der Waals surface area contributed by atoms with Gasteiger partial charge in [0, 0.05) is 18.1 Å². The summed E-state index contributed by atoms with van der Waals surface area (Å²) in [5.41, 5.74) is 1.86. The maximum absolute atomic E-state index is 13.1. The second kappa shape index (κ2) is 7.67. The molecule has 0 radical (unpaired) electrons. The van der Waals surface area contributed by atoms with Crippen LogP contribution >= 0.6 is 0 Å². The highest BCUT2D eigenvalue weighted by atomic mass is 19.4. The molecule has 8 heteroatoms. The summed E-state index contributed by atoms with van der Waals surface area (Å²) in [5.74, 6) is -0.448. The lowest BCUT2D eigenvalue weighted by molar-refractivity contribution is -0.136. The predicted molar refractivity (Wildman–Crippen MR) is 101 cm³/mol. The molecule has 0 atom stereocenters. The summed E-state index contributed by atoms with van der Waals surface area (Å²) in [6.45, 7) is 3.83. The van der Waals surface area contributed by atoms with Crippen molar-refractivity contribution in [3.8, 4) is 0 Å². The first-order valence-corrected chi connectivity index (χ1v) is 8.38. The Labute approximate surface area is 159 Å².